The van der Waals surface area contributed by atoms with Crippen LogP contribution in [0.1, 0.15) is 25.3 Å². The van der Waals surface area contributed by atoms with Crippen molar-refractivity contribution < 1.29 is 27.5 Å². The highest BCUT2D eigenvalue weighted by Gasteiger charge is 2.66. The Labute approximate surface area is 186 Å². The van der Waals surface area contributed by atoms with Gasteiger partial charge in [0.05, 0.1) is 16.7 Å². The van der Waals surface area contributed by atoms with E-state index in [9.17, 15) is 22.8 Å². The van der Waals surface area contributed by atoms with Crippen molar-refractivity contribution in [2.24, 2.45) is 23.7 Å². The van der Waals surface area contributed by atoms with Gasteiger partial charge in [0.1, 0.15) is 6.61 Å². The molecule has 1 heterocycles. The van der Waals surface area contributed by atoms with Gasteiger partial charge in [-0.1, -0.05) is 24.3 Å². The fourth-order valence-corrected chi connectivity index (χ4v) is 7.88. The smallest absolute Gasteiger partial charge is 0.333 e. The molecule has 1 aliphatic heterocycles. The summed E-state index contributed by atoms with van der Waals surface area (Å²) in [6.07, 6.45) is 1.52. The summed E-state index contributed by atoms with van der Waals surface area (Å²) < 4.78 is 31.8. The molecule has 0 N–H and O–H groups in total. The van der Waals surface area contributed by atoms with E-state index in [1.165, 1.54) is 12.1 Å². The number of ether oxygens (including phenoxy) is 1. The average molecular weight is 464 g/mol. The van der Waals surface area contributed by atoms with Gasteiger partial charge in [0.25, 0.3) is 10.0 Å². The topological polar surface area (TPSA) is 97.8 Å². The summed E-state index contributed by atoms with van der Waals surface area (Å²) in [6.45, 7) is 7.21. The van der Waals surface area contributed by atoms with Crippen molar-refractivity contribution in [1.29, 1.82) is 0 Å². The van der Waals surface area contributed by atoms with E-state index in [2.05, 4.69) is 6.58 Å². The molecule has 5 atom stereocenters. The number of aryl methyl sites for hydroxylation is 1. The van der Waals surface area contributed by atoms with Crippen LogP contribution < -0.4 is 0 Å². The first-order chi connectivity index (χ1) is 14.6. The van der Waals surface area contributed by atoms with Crippen LogP contribution in [0.4, 0.5) is 0 Å². The van der Waals surface area contributed by atoms with Crippen LogP contribution in [0, 0.1) is 30.6 Å². The molecule has 5 unspecified atom stereocenters. The molecule has 7 nitrogen and oxygen atoms in total. The molecule has 0 spiro atoms. The third kappa shape index (κ3) is 3.71. The highest BCUT2D eigenvalue weighted by molar-refractivity contribution is 7.99. The number of hydrogen-bond acceptors (Lipinski definition) is 7. The fraction of sp³-hybridized carbons (Fsp3) is 0.500. The number of fused-ring (bicyclic) bond motifs is 5. The molecule has 3 fully saturated rings. The van der Waals surface area contributed by atoms with Gasteiger partial charge >= 0.3 is 5.97 Å². The van der Waals surface area contributed by atoms with Crippen molar-refractivity contribution in [1.82, 2.24) is 4.31 Å². The summed E-state index contributed by atoms with van der Waals surface area (Å²) in [5.74, 6) is -2.17. The molecule has 2 saturated carbocycles. The second kappa shape index (κ2) is 8.09. The first-order valence-electron chi connectivity index (χ1n) is 10.3. The SMILES string of the molecule is C=C(C)C(=O)OCCSC1CC2CC1C1C(=O)N(S(=O)(=O)c3ccc(C)cc3)C(=O)C21. The number of amides is 2. The van der Waals surface area contributed by atoms with Crippen molar-refractivity contribution in [2.45, 2.75) is 36.8 Å². The number of rotatable bonds is 7. The van der Waals surface area contributed by atoms with Gasteiger partial charge in [0.2, 0.25) is 11.8 Å². The number of nitrogens with zero attached hydrogens (tertiary/aromatic N) is 1. The molecule has 2 bridgehead atoms. The van der Waals surface area contributed by atoms with Gasteiger partial charge in [0.15, 0.2) is 0 Å². The molecule has 2 amide bonds. The standard InChI is InChI=1S/C22H25NO6S2/c1-12(2)22(26)29-8-9-30-17-11-14-10-16(17)19-18(14)20(24)23(21(19)25)31(27,28)15-6-4-13(3)5-7-15/h4-7,14,16-19H,1,8-11H2,2-3H3. The Morgan fingerprint density at radius 1 is 1.16 bits per heavy atom. The van der Waals surface area contributed by atoms with E-state index >= 15 is 0 Å². The number of imide groups is 1. The Kier molecular flexibility index (Phi) is 5.76. The van der Waals surface area contributed by atoms with Gasteiger partial charge in [-0.3, -0.25) is 9.59 Å². The molecule has 0 aromatic heterocycles. The van der Waals surface area contributed by atoms with Crippen LogP contribution in [0.3, 0.4) is 0 Å². The van der Waals surface area contributed by atoms with E-state index in [0.29, 0.717) is 15.6 Å². The van der Waals surface area contributed by atoms with E-state index in [0.717, 1.165) is 18.4 Å². The second-order valence-corrected chi connectivity index (χ2v) is 11.7. The number of carbonyl (C=O) groups is 3. The number of benzene rings is 1. The number of esters is 1. The lowest BCUT2D eigenvalue weighted by Crippen LogP contribution is -2.38. The van der Waals surface area contributed by atoms with Crippen molar-refractivity contribution >= 4 is 39.6 Å². The molecule has 31 heavy (non-hydrogen) atoms. The van der Waals surface area contributed by atoms with Gasteiger partial charge < -0.3 is 4.74 Å². The van der Waals surface area contributed by atoms with Crippen molar-refractivity contribution in [2.75, 3.05) is 12.4 Å². The van der Waals surface area contributed by atoms with Crippen LogP contribution >= 0.6 is 11.8 Å². The van der Waals surface area contributed by atoms with Crippen LogP contribution in [-0.2, 0) is 29.1 Å². The molecule has 2 aliphatic carbocycles. The second-order valence-electron chi connectivity index (χ2n) is 8.53. The van der Waals surface area contributed by atoms with E-state index in [1.807, 2.05) is 6.92 Å². The zero-order chi connectivity index (χ0) is 22.5. The maximum atomic E-state index is 13.2. The number of hydrogen-bond donors (Lipinski definition) is 0. The zero-order valence-electron chi connectivity index (χ0n) is 17.4. The Balaban J connectivity index is 1.46. The Hall–Kier alpha value is -2.13. The van der Waals surface area contributed by atoms with Crippen molar-refractivity contribution in [3.05, 3.63) is 42.0 Å². The maximum absolute atomic E-state index is 13.2. The summed E-state index contributed by atoms with van der Waals surface area (Å²) in [5, 5.41) is 0.147. The zero-order valence-corrected chi connectivity index (χ0v) is 19.1. The Morgan fingerprint density at radius 3 is 2.45 bits per heavy atom. The lowest BCUT2D eigenvalue weighted by Gasteiger charge is -2.27. The minimum Gasteiger partial charge on any atom is -0.461 e. The monoisotopic (exact) mass is 463 g/mol. The van der Waals surface area contributed by atoms with Crippen LogP contribution in [0.5, 0.6) is 0 Å². The third-order valence-corrected chi connectivity index (χ3v) is 9.55. The molecular weight excluding hydrogens is 438 g/mol. The summed E-state index contributed by atoms with van der Waals surface area (Å²) in [7, 11) is -4.21. The quantitative estimate of drug-likeness (QED) is 0.265. The van der Waals surface area contributed by atoms with E-state index in [1.54, 1.807) is 30.8 Å². The molecule has 9 heteroatoms. The van der Waals surface area contributed by atoms with E-state index in [-0.39, 0.29) is 28.6 Å². The predicted molar refractivity (Wildman–Crippen MR) is 115 cm³/mol. The van der Waals surface area contributed by atoms with Crippen LogP contribution in [0.2, 0.25) is 0 Å². The van der Waals surface area contributed by atoms with Crippen molar-refractivity contribution in [3.63, 3.8) is 0 Å². The van der Waals surface area contributed by atoms with Gasteiger partial charge in [-0.05, 0) is 50.7 Å². The normalized spacial score (nSPS) is 29.4. The first-order valence-corrected chi connectivity index (χ1v) is 12.8. The van der Waals surface area contributed by atoms with Crippen LogP contribution in [-0.4, -0.2) is 48.1 Å². The van der Waals surface area contributed by atoms with E-state index in [4.69, 9.17) is 4.74 Å². The molecular formula is C22H25NO6S2. The largest absolute Gasteiger partial charge is 0.461 e. The number of carbonyl (C=O) groups excluding carboxylic acids is 3. The van der Waals surface area contributed by atoms with Gasteiger partial charge in [0, 0.05) is 16.6 Å². The Bertz CT molecular complexity index is 1050. The van der Waals surface area contributed by atoms with E-state index < -0.39 is 39.6 Å². The molecule has 0 radical (unpaired) electrons. The average Bonchev–Trinajstić information content (AvgIpc) is 3.36. The summed E-state index contributed by atoms with van der Waals surface area (Å²) in [6, 6.07) is 6.16. The molecule has 3 aliphatic rings. The van der Waals surface area contributed by atoms with Crippen molar-refractivity contribution in [3.8, 4) is 0 Å². The minimum atomic E-state index is -4.21. The summed E-state index contributed by atoms with van der Waals surface area (Å²) >= 11 is 1.62. The number of thioether (sulfide) groups is 1. The number of sulfonamides is 1. The fourth-order valence-electron chi connectivity index (χ4n) is 5.07. The molecule has 166 valence electrons. The highest BCUT2D eigenvalue weighted by atomic mass is 32.2. The third-order valence-electron chi connectivity index (χ3n) is 6.47. The van der Waals surface area contributed by atoms with Crippen LogP contribution in [0.15, 0.2) is 41.3 Å². The molecule has 4 rings (SSSR count). The maximum Gasteiger partial charge on any atom is 0.333 e. The Morgan fingerprint density at radius 2 is 1.81 bits per heavy atom. The first kappa shape index (κ1) is 22.1. The summed E-state index contributed by atoms with van der Waals surface area (Å²) in [4.78, 5) is 37.6. The van der Waals surface area contributed by atoms with Crippen LogP contribution in [0.25, 0.3) is 0 Å². The van der Waals surface area contributed by atoms with Gasteiger partial charge in [-0.2, -0.15) is 16.1 Å². The highest BCUT2D eigenvalue weighted by Crippen LogP contribution is 2.59. The minimum absolute atomic E-state index is 0.0140. The lowest BCUT2D eigenvalue weighted by molar-refractivity contribution is -0.138. The lowest BCUT2D eigenvalue weighted by atomic mass is 9.81. The van der Waals surface area contributed by atoms with Gasteiger partial charge in [-0.15, -0.1) is 0 Å². The molecule has 1 aromatic carbocycles. The molecule has 1 saturated heterocycles. The van der Waals surface area contributed by atoms with Gasteiger partial charge in [-0.25, -0.2) is 13.2 Å². The summed E-state index contributed by atoms with van der Waals surface area (Å²) in [5.41, 5.74) is 1.24. The molecule has 1 aromatic rings. The predicted octanol–water partition coefficient (Wildman–Crippen LogP) is 2.55.